The van der Waals surface area contributed by atoms with Crippen molar-refractivity contribution in [2.24, 2.45) is 0 Å². The highest BCUT2D eigenvalue weighted by molar-refractivity contribution is 5.63. The number of benzene rings is 1. The van der Waals surface area contributed by atoms with Crippen LogP contribution in [0.3, 0.4) is 0 Å². The van der Waals surface area contributed by atoms with Gasteiger partial charge in [-0.25, -0.2) is 0 Å². The van der Waals surface area contributed by atoms with Gasteiger partial charge in [0, 0.05) is 6.54 Å². The van der Waals surface area contributed by atoms with E-state index >= 15 is 0 Å². The zero-order valence-corrected chi connectivity index (χ0v) is 7.90. The van der Waals surface area contributed by atoms with Crippen molar-refractivity contribution in [1.29, 1.82) is 0 Å². The molecule has 82 valence electrons. The summed E-state index contributed by atoms with van der Waals surface area (Å²) >= 11 is 0. The van der Waals surface area contributed by atoms with Crippen molar-refractivity contribution in [1.82, 2.24) is 0 Å². The zero-order chi connectivity index (χ0) is 10.9. The summed E-state index contributed by atoms with van der Waals surface area (Å²) in [7, 11) is 0. The predicted molar refractivity (Wildman–Crippen MR) is 50.0 cm³/mol. The Kier molecular flexibility index (Phi) is 2.46. The summed E-state index contributed by atoms with van der Waals surface area (Å²) in [6, 6.07) is 3.96. The first-order valence-electron chi connectivity index (χ1n) is 4.66. The normalized spacial score (nSPS) is 15.9. The number of halogens is 3. The van der Waals surface area contributed by atoms with Crippen LogP contribution in [0.2, 0.25) is 0 Å². The fourth-order valence-corrected chi connectivity index (χ4v) is 1.54. The van der Waals surface area contributed by atoms with E-state index in [0.29, 0.717) is 19.6 Å². The molecule has 0 saturated heterocycles. The van der Waals surface area contributed by atoms with E-state index in [-0.39, 0.29) is 11.4 Å². The fraction of sp³-hybridized carbons (Fsp3) is 0.400. The summed E-state index contributed by atoms with van der Waals surface area (Å²) < 4.78 is 43.1. The van der Waals surface area contributed by atoms with Crippen molar-refractivity contribution >= 4 is 5.69 Å². The molecule has 0 bridgehead atoms. The van der Waals surface area contributed by atoms with E-state index in [2.05, 4.69) is 5.32 Å². The van der Waals surface area contributed by atoms with Crippen LogP contribution in [0.4, 0.5) is 18.9 Å². The maximum absolute atomic E-state index is 12.6. The van der Waals surface area contributed by atoms with E-state index in [1.807, 2.05) is 0 Å². The molecule has 1 aliphatic heterocycles. The molecule has 2 rings (SSSR count). The van der Waals surface area contributed by atoms with Gasteiger partial charge in [0.05, 0.1) is 17.9 Å². The van der Waals surface area contributed by atoms with Crippen LogP contribution >= 0.6 is 0 Å². The Balaban J connectivity index is 2.48. The average Bonchev–Trinajstić information content (AvgIpc) is 2.39. The molecule has 1 N–H and O–H groups in total. The standard InChI is InChI=1S/C10H10F3NO/c11-10(12,13)7-3-1-4-8-9(7)14-5-2-6-15-8/h1,3-4,14H,2,5-6H2. The second-order valence-corrected chi connectivity index (χ2v) is 3.31. The molecule has 5 heteroatoms. The van der Waals surface area contributed by atoms with Crippen molar-refractivity contribution in [2.75, 3.05) is 18.5 Å². The number of ether oxygens (including phenoxy) is 1. The number of anilines is 1. The molecular weight excluding hydrogens is 207 g/mol. The van der Waals surface area contributed by atoms with Crippen LogP contribution in [0, 0.1) is 0 Å². The molecule has 15 heavy (non-hydrogen) atoms. The highest BCUT2D eigenvalue weighted by Gasteiger charge is 2.35. The van der Waals surface area contributed by atoms with Gasteiger partial charge in [-0.2, -0.15) is 13.2 Å². The quantitative estimate of drug-likeness (QED) is 0.721. The molecule has 1 aromatic carbocycles. The molecule has 2 nitrogen and oxygen atoms in total. The summed E-state index contributed by atoms with van der Waals surface area (Å²) in [5.41, 5.74) is -0.607. The van der Waals surface area contributed by atoms with Crippen LogP contribution < -0.4 is 10.1 Å². The van der Waals surface area contributed by atoms with Crippen LogP contribution in [-0.4, -0.2) is 13.2 Å². The SMILES string of the molecule is FC(F)(F)c1cccc2c1NCCCO2. The summed E-state index contributed by atoms with van der Waals surface area (Å²) in [5, 5.41) is 2.76. The Hall–Kier alpha value is -1.39. The Morgan fingerprint density at radius 3 is 2.80 bits per heavy atom. The topological polar surface area (TPSA) is 21.3 Å². The Morgan fingerprint density at radius 1 is 1.27 bits per heavy atom. The van der Waals surface area contributed by atoms with Crippen LogP contribution in [0.15, 0.2) is 18.2 Å². The molecule has 0 atom stereocenters. The van der Waals surface area contributed by atoms with Crippen molar-refractivity contribution in [3.8, 4) is 5.75 Å². The summed E-state index contributed by atoms with van der Waals surface area (Å²) in [5.74, 6) is 0.280. The average molecular weight is 217 g/mol. The molecule has 0 saturated carbocycles. The first kappa shape index (κ1) is 10.1. The van der Waals surface area contributed by atoms with Crippen LogP contribution in [-0.2, 0) is 6.18 Å². The lowest BCUT2D eigenvalue weighted by Gasteiger charge is -2.15. The van der Waals surface area contributed by atoms with E-state index in [1.54, 1.807) is 6.07 Å². The van der Waals surface area contributed by atoms with Gasteiger partial charge in [0.1, 0.15) is 5.75 Å². The first-order chi connectivity index (χ1) is 7.09. The molecular formula is C10H10F3NO. The largest absolute Gasteiger partial charge is 0.491 e. The minimum Gasteiger partial charge on any atom is -0.491 e. The Labute approximate surface area is 85.0 Å². The van der Waals surface area contributed by atoms with Gasteiger partial charge >= 0.3 is 6.18 Å². The monoisotopic (exact) mass is 217 g/mol. The maximum Gasteiger partial charge on any atom is 0.418 e. The molecule has 0 aliphatic carbocycles. The van der Waals surface area contributed by atoms with Crippen molar-refractivity contribution in [2.45, 2.75) is 12.6 Å². The highest BCUT2D eigenvalue weighted by atomic mass is 19.4. The molecule has 1 heterocycles. The maximum atomic E-state index is 12.6. The van der Waals surface area contributed by atoms with Gasteiger partial charge in [-0.1, -0.05) is 6.07 Å². The zero-order valence-electron chi connectivity index (χ0n) is 7.90. The summed E-state index contributed by atoms with van der Waals surface area (Å²) in [4.78, 5) is 0. The number of para-hydroxylation sites is 1. The Morgan fingerprint density at radius 2 is 2.07 bits per heavy atom. The van der Waals surface area contributed by atoms with Gasteiger partial charge in [-0.3, -0.25) is 0 Å². The van der Waals surface area contributed by atoms with E-state index < -0.39 is 11.7 Å². The molecule has 0 unspecified atom stereocenters. The van der Waals surface area contributed by atoms with Gasteiger partial charge in [0.15, 0.2) is 0 Å². The lowest BCUT2D eigenvalue weighted by molar-refractivity contribution is -0.137. The van der Waals surface area contributed by atoms with E-state index in [9.17, 15) is 13.2 Å². The lowest BCUT2D eigenvalue weighted by atomic mass is 10.1. The number of nitrogens with one attached hydrogen (secondary N) is 1. The summed E-state index contributed by atoms with van der Waals surface area (Å²) in [6.07, 6.45) is -3.64. The second-order valence-electron chi connectivity index (χ2n) is 3.31. The van der Waals surface area contributed by atoms with Gasteiger partial charge < -0.3 is 10.1 Å². The number of fused-ring (bicyclic) bond motifs is 1. The highest BCUT2D eigenvalue weighted by Crippen LogP contribution is 2.40. The minimum atomic E-state index is -4.34. The van der Waals surface area contributed by atoms with Crippen LogP contribution in [0.5, 0.6) is 5.75 Å². The third kappa shape index (κ3) is 2.00. The molecule has 0 amide bonds. The third-order valence-corrected chi connectivity index (χ3v) is 2.21. The van der Waals surface area contributed by atoms with Crippen LogP contribution in [0.1, 0.15) is 12.0 Å². The van der Waals surface area contributed by atoms with Crippen molar-refractivity contribution < 1.29 is 17.9 Å². The molecule has 0 aromatic heterocycles. The van der Waals surface area contributed by atoms with Gasteiger partial charge in [-0.05, 0) is 18.6 Å². The molecule has 0 spiro atoms. The van der Waals surface area contributed by atoms with E-state index in [1.165, 1.54) is 6.07 Å². The number of rotatable bonds is 0. The van der Waals surface area contributed by atoms with Crippen molar-refractivity contribution in [3.63, 3.8) is 0 Å². The predicted octanol–water partition coefficient (Wildman–Crippen LogP) is 2.90. The van der Waals surface area contributed by atoms with Gasteiger partial charge in [-0.15, -0.1) is 0 Å². The summed E-state index contributed by atoms with van der Waals surface area (Å²) in [6.45, 7) is 0.946. The fourth-order valence-electron chi connectivity index (χ4n) is 1.54. The van der Waals surface area contributed by atoms with E-state index in [4.69, 9.17) is 4.74 Å². The van der Waals surface area contributed by atoms with Crippen molar-refractivity contribution in [3.05, 3.63) is 23.8 Å². The molecule has 0 fully saturated rings. The lowest BCUT2D eigenvalue weighted by Crippen LogP contribution is -2.10. The smallest absolute Gasteiger partial charge is 0.418 e. The third-order valence-electron chi connectivity index (χ3n) is 2.21. The van der Waals surface area contributed by atoms with Gasteiger partial charge in [0.25, 0.3) is 0 Å². The first-order valence-corrected chi connectivity index (χ1v) is 4.66. The number of alkyl halides is 3. The molecule has 0 radical (unpaired) electrons. The minimum absolute atomic E-state index is 0.0579. The number of hydrogen-bond acceptors (Lipinski definition) is 2. The van der Waals surface area contributed by atoms with Crippen LogP contribution in [0.25, 0.3) is 0 Å². The molecule has 1 aromatic rings. The number of hydrogen-bond donors (Lipinski definition) is 1. The second kappa shape index (κ2) is 3.64. The van der Waals surface area contributed by atoms with Gasteiger partial charge in [0.2, 0.25) is 0 Å². The molecule has 1 aliphatic rings. The van der Waals surface area contributed by atoms with E-state index in [0.717, 1.165) is 6.07 Å². The Bertz CT molecular complexity index is 362.